The molecule has 0 fully saturated rings. The first kappa shape index (κ1) is 20.2. The number of rotatable bonds is 4. The second-order valence-corrected chi connectivity index (χ2v) is 9.74. The summed E-state index contributed by atoms with van der Waals surface area (Å²) in [5.41, 5.74) is 0.770. The molecule has 1 aliphatic heterocycles. The van der Waals surface area contributed by atoms with Crippen molar-refractivity contribution in [1.82, 2.24) is 4.72 Å². The van der Waals surface area contributed by atoms with Crippen molar-refractivity contribution in [3.05, 3.63) is 75.9 Å². The van der Waals surface area contributed by atoms with Crippen LogP contribution in [-0.4, -0.2) is 25.9 Å². The van der Waals surface area contributed by atoms with Crippen LogP contribution in [0.4, 0.5) is 20.6 Å². The van der Waals surface area contributed by atoms with E-state index >= 15 is 0 Å². The van der Waals surface area contributed by atoms with Crippen LogP contribution in [-0.2, 0) is 10.0 Å². The Morgan fingerprint density at radius 2 is 1.83 bits per heavy atom. The van der Waals surface area contributed by atoms with Crippen LogP contribution in [0.15, 0.2) is 63.8 Å². The van der Waals surface area contributed by atoms with Crippen LogP contribution >= 0.6 is 22.9 Å². The molecule has 0 atom stereocenters. The van der Waals surface area contributed by atoms with E-state index in [0.29, 0.717) is 11.3 Å². The second-order valence-electron chi connectivity index (χ2n) is 6.12. The van der Waals surface area contributed by atoms with Gasteiger partial charge in [-0.2, -0.15) is 0 Å². The number of benzene rings is 2. The molecular weight excluding hydrogens is 453 g/mol. The molecule has 3 aromatic rings. The Kier molecular flexibility index (Phi) is 5.14. The van der Waals surface area contributed by atoms with E-state index < -0.39 is 27.7 Å². The fourth-order valence-corrected chi connectivity index (χ4v) is 5.19. The third kappa shape index (κ3) is 3.84. The molecule has 1 aliphatic rings. The van der Waals surface area contributed by atoms with E-state index in [4.69, 9.17) is 11.6 Å². The molecule has 2 aromatic carbocycles. The molecule has 152 valence electrons. The van der Waals surface area contributed by atoms with Crippen molar-refractivity contribution in [3.8, 4) is 0 Å². The van der Waals surface area contributed by atoms with E-state index in [0.717, 1.165) is 17.4 Å². The molecule has 0 saturated carbocycles. The maximum absolute atomic E-state index is 14.6. The van der Waals surface area contributed by atoms with Crippen LogP contribution in [0.25, 0.3) is 0 Å². The molecule has 1 aromatic heterocycles. The topological polar surface area (TPSA) is 105 Å². The molecule has 7 nitrogen and oxygen atoms in total. The van der Waals surface area contributed by atoms with Gasteiger partial charge in [-0.25, -0.2) is 27.3 Å². The van der Waals surface area contributed by atoms with Gasteiger partial charge in [0.25, 0.3) is 10.0 Å². The van der Waals surface area contributed by atoms with Gasteiger partial charge in [0.05, 0.1) is 10.0 Å². The van der Waals surface area contributed by atoms with Crippen molar-refractivity contribution < 1.29 is 22.4 Å². The molecule has 0 unspecified atom stereocenters. The lowest BCUT2D eigenvalue weighted by Crippen LogP contribution is -2.34. The highest BCUT2D eigenvalue weighted by Gasteiger charge is 2.27. The Bertz CT molecular complexity index is 1340. The Labute approximate surface area is 179 Å². The van der Waals surface area contributed by atoms with Crippen molar-refractivity contribution in [3.63, 3.8) is 0 Å². The molecule has 2 N–H and O–H groups in total. The average molecular weight is 464 g/mol. The number of aliphatic imine (C=N–C) groups is 1. The van der Waals surface area contributed by atoms with Gasteiger partial charge >= 0.3 is 6.03 Å². The summed E-state index contributed by atoms with van der Waals surface area (Å²) in [4.78, 5) is 28.7. The van der Waals surface area contributed by atoms with Gasteiger partial charge in [-0.1, -0.05) is 23.7 Å². The maximum atomic E-state index is 14.6. The smallest absolute Gasteiger partial charge is 0.307 e. The monoisotopic (exact) mass is 463 g/mol. The van der Waals surface area contributed by atoms with E-state index in [1.54, 1.807) is 24.3 Å². The first-order valence-electron chi connectivity index (χ1n) is 8.36. The van der Waals surface area contributed by atoms with Gasteiger partial charge < -0.3 is 5.32 Å². The SMILES string of the molecule is O=C(Nc1ccc(C2=Nc3ccccc3C2=O)c(F)c1)NS(=O)(=O)c1ccc(Cl)s1. The van der Waals surface area contributed by atoms with Crippen LogP contribution < -0.4 is 10.0 Å². The van der Waals surface area contributed by atoms with Gasteiger partial charge in [0, 0.05) is 16.8 Å². The van der Waals surface area contributed by atoms with Gasteiger partial charge in [-0.05, 0) is 42.5 Å². The molecular formula is C19H11ClFN3O4S2. The summed E-state index contributed by atoms with van der Waals surface area (Å²) in [6.45, 7) is 0. The molecule has 0 bridgehead atoms. The number of anilines is 1. The zero-order valence-electron chi connectivity index (χ0n) is 14.8. The summed E-state index contributed by atoms with van der Waals surface area (Å²) in [7, 11) is -4.11. The van der Waals surface area contributed by atoms with E-state index in [1.807, 2.05) is 4.72 Å². The number of urea groups is 1. The van der Waals surface area contributed by atoms with Crippen LogP contribution in [0.3, 0.4) is 0 Å². The lowest BCUT2D eigenvalue weighted by atomic mass is 10.0. The predicted molar refractivity (Wildman–Crippen MR) is 112 cm³/mol. The first-order valence-corrected chi connectivity index (χ1v) is 11.0. The van der Waals surface area contributed by atoms with Crippen molar-refractivity contribution in [1.29, 1.82) is 0 Å². The predicted octanol–water partition coefficient (Wildman–Crippen LogP) is 4.37. The quantitative estimate of drug-likeness (QED) is 0.599. The Morgan fingerprint density at radius 1 is 1.07 bits per heavy atom. The minimum absolute atomic E-state index is 0.00304. The molecule has 4 rings (SSSR count). The Balaban J connectivity index is 1.50. The number of sulfonamides is 1. The number of thiophene rings is 1. The number of amides is 2. The molecule has 0 saturated heterocycles. The number of hydrogen-bond donors (Lipinski definition) is 2. The molecule has 0 aliphatic carbocycles. The number of carbonyl (C=O) groups excluding carboxylic acids is 2. The number of ketones is 1. The molecule has 30 heavy (non-hydrogen) atoms. The zero-order chi connectivity index (χ0) is 21.5. The van der Waals surface area contributed by atoms with Crippen LogP contribution in [0.1, 0.15) is 15.9 Å². The average Bonchev–Trinajstić information content (AvgIpc) is 3.26. The number of nitrogens with zero attached hydrogens (tertiary/aromatic N) is 1. The number of fused-ring (bicyclic) bond motifs is 1. The van der Waals surface area contributed by atoms with Crippen molar-refractivity contribution in [2.45, 2.75) is 4.21 Å². The minimum Gasteiger partial charge on any atom is -0.307 e. The largest absolute Gasteiger partial charge is 0.333 e. The highest BCUT2D eigenvalue weighted by molar-refractivity contribution is 7.92. The number of nitrogens with one attached hydrogen (secondary N) is 2. The molecule has 0 radical (unpaired) electrons. The van der Waals surface area contributed by atoms with Crippen LogP contribution in [0.2, 0.25) is 4.34 Å². The standard InChI is InChI=1S/C19H11ClFN3O4S2/c20-15-7-8-16(29-15)30(27,28)24-19(26)22-10-5-6-11(13(21)9-10)17-18(25)12-3-1-2-4-14(12)23-17/h1-9H,(H2,22,24,26). The minimum atomic E-state index is -4.11. The molecule has 2 heterocycles. The third-order valence-electron chi connectivity index (χ3n) is 4.12. The van der Waals surface area contributed by atoms with Crippen molar-refractivity contribution in [2.75, 3.05) is 5.32 Å². The van der Waals surface area contributed by atoms with Gasteiger partial charge in [0.1, 0.15) is 15.7 Å². The highest BCUT2D eigenvalue weighted by atomic mass is 35.5. The molecule has 11 heteroatoms. The fraction of sp³-hybridized carbons (Fsp3) is 0. The van der Waals surface area contributed by atoms with Gasteiger partial charge in [0.2, 0.25) is 5.78 Å². The summed E-state index contributed by atoms with van der Waals surface area (Å²) >= 11 is 6.50. The lowest BCUT2D eigenvalue weighted by Gasteiger charge is -2.09. The fourth-order valence-electron chi connectivity index (χ4n) is 2.80. The normalized spacial score (nSPS) is 13.0. The van der Waals surface area contributed by atoms with Gasteiger partial charge in [-0.3, -0.25) is 4.79 Å². The first-order chi connectivity index (χ1) is 14.2. The van der Waals surface area contributed by atoms with E-state index in [-0.39, 0.29) is 25.5 Å². The van der Waals surface area contributed by atoms with Crippen molar-refractivity contribution in [2.24, 2.45) is 4.99 Å². The van der Waals surface area contributed by atoms with E-state index in [2.05, 4.69) is 10.3 Å². The van der Waals surface area contributed by atoms with Gasteiger partial charge in [0.15, 0.2) is 0 Å². The third-order valence-corrected chi connectivity index (χ3v) is 7.17. The number of carbonyl (C=O) groups is 2. The number of para-hydroxylation sites is 1. The second kappa shape index (κ2) is 7.63. The summed E-state index contributed by atoms with van der Waals surface area (Å²) in [6, 6.07) is 11.8. The molecule has 2 amide bonds. The number of hydrogen-bond acceptors (Lipinski definition) is 6. The summed E-state index contributed by atoms with van der Waals surface area (Å²) in [5.74, 6) is -1.19. The van der Waals surface area contributed by atoms with E-state index in [9.17, 15) is 22.4 Å². The van der Waals surface area contributed by atoms with Gasteiger partial charge in [-0.15, -0.1) is 11.3 Å². The molecule has 0 spiro atoms. The van der Waals surface area contributed by atoms with Crippen LogP contribution in [0.5, 0.6) is 0 Å². The van der Waals surface area contributed by atoms with Crippen molar-refractivity contribution >= 4 is 61.9 Å². The zero-order valence-corrected chi connectivity index (χ0v) is 17.2. The summed E-state index contributed by atoms with van der Waals surface area (Å²) < 4.78 is 40.8. The lowest BCUT2D eigenvalue weighted by molar-refractivity contribution is 0.107. The number of halogens is 2. The summed E-state index contributed by atoms with van der Waals surface area (Å²) in [6.07, 6.45) is 0. The maximum Gasteiger partial charge on any atom is 0.333 e. The highest BCUT2D eigenvalue weighted by Crippen LogP contribution is 2.30. The van der Waals surface area contributed by atoms with Crippen LogP contribution in [0, 0.1) is 5.82 Å². The number of Topliss-reactive ketones (excluding diaryl/α,β-unsaturated/α-hetero) is 1. The Hall–Kier alpha value is -3.08. The Morgan fingerprint density at radius 3 is 2.50 bits per heavy atom. The van der Waals surface area contributed by atoms with E-state index in [1.165, 1.54) is 24.3 Å². The summed E-state index contributed by atoms with van der Waals surface area (Å²) in [5, 5.41) is 2.24.